The number of rotatable bonds is 14. The number of ether oxygens (including phenoxy) is 7. The van der Waals surface area contributed by atoms with Gasteiger partial charge in [0.15, 0.2) is 0 Å². The number of hydrogen-bond donors (Lipinski definition) is 2. The summed E-state index contributed by atoms with van der Waals surface area (Å²) in [6, 6.07) is 58.9. The predicted octanol–water partition coefficient (Wildman–Crippen LogP) is 13.4. The van der Waals surface area contributed by atoms with Gasteiger partial charge in [0, 0.05) is 47.8 Å². The van der Waals surface area contributed by atoms with Crippen molar-refractivity contribution in [3.8, 4) is 80.5 Å². The maximum absolute atomic E-state index is 6.11. The lowest BCUT2D eigenvalue weighted by Gasteiger charge is -2.12. The standard InChI is InChI=1S/C48H36N2O7/c49-33-7-1-9-39(27-33)54-43-13-5-17-47(31-43)56-45-15-3-11-41(29-45)52-37-23-19-35(20-24-37)51-36-21-25-38(26-22-36)53-42-12-4-16-46(30-42)57-48-18-6-14-44(32-48)55-40-10-2-8-34(50)28-40/h1-32H,49-50H2. The van der Waals surface area contributed by atoms with Crippen molar-refractivity contribution in [3.63, 3.8) is 0 Å². The number of nitrogen functional groups attached to an aromatic ring is 2. The van der Waals surface area contributed by atoms with Gasteiger partial charge in [0.25, 0.3) is 0 Å². The minimum atomic E-state index is 0.616. The third-order valence-corrected chi connectivity index (χ3v) is 8.24. The van der Waals surface area contributed by atoms with Gasteiger partial charge in [0.1, 0.15) is 80.5 Å². The topological polar surface area (TPSA) is 117 Å². The van der Waals surface area contributed by atoms with E-state index in [2.05, 4.69) is 0 Å². The van der Waals surface area contributed by atoms with Crippen molar-refractivity contribution in [2.75, 3.05) is 11.5 Å². The van der Waals surface area contributed by atoms with Crippen LogP contribution in [0.15, 0.2) is 194 Å². The van der Waals surface area contributed by atoms with Gasteiger partial charge in [0.05, 0.1) is 0 Å². The quantitative estimate of drug-likeness (QED) is 0.105. The van der Waals surface area contributed by atoms with E-state index >= 15 is 0 Å². The Kier molecular flexibility index (Phi) is 10.7. The van der Waals surface area contributed by atoms with E-state index in [4.69, 9.17) is 44.6 Å². The van der Waals surface area contributed by atoms with E-state index in [9.17, 15) is 0 Å². The monoisotopic (exact) mass is 752 g/mol. The first-order chi connectivity index (χ1) is 27.9. The lowest BCUT2D eigenvalue weighted by molar-refractivity contribution is 0.449. The maximum atomic E-state index is 6.11. The van der Waals surface area contributed by atoms with Crippen molar-refractivity contribution in [3.05, 3.63) is 194 Å². The zero-order valence-corrected chi connectivity index (χ0v) is 30.5. The molecule has 0 aromatic heterocycles. The Morgan fingerprint density at radius 1 is 0.193 bits per heavy atom. The maximum Gasteiger partial charge on any atom is 0.131 e. The summed E-state index contributed by atoms with van der Waals surface area (Å²) >= 11 is 0. The van der Waals surface area contributed by atoms with Gasteiger partial charge >= 0.3 is 0 Å². The van der Waals surface area contributed by atoms with Crippen LogP contribution in [-0.4, -0.2) is 0 Å². The molecule has 0 heterocycles. The Morgan fingerprint density at radius 2 is 0.368 bits per heavy atom. The Balaban J connectivity index is 0.832. The van der Waals surface area contributed by atoms with Gasteiger partial charge in [-0.2, -0.15) is 0 Å². The van der Waals surface area contributed by atoms with Crippen molar-refractivity contribution in [1.82, 2.24) is 0 Å². The Morgan fingerprint density at radius 3 is 0.596 bits per heavy atom. The fourth-order valence-corrected chi connectivity index (χ4v) is 5.66. The Bertz CT molecular complexity index is 2410. The molecule has 0 radical (unpaired) electrons. The molecule has 8 aromatic rings. The van der Waals surface area contributed by atoms with Crippen LogP contribution in [0.5, 0.6) is 80.5 Å². The smallest absolute Gasteiger partial charge is 0.131 e. The summed E-state index contributed by atoms with van der Waals surface area (Å²) in [4.78, 5) is 0. The van der Waals surface area contributed by atoms with Gasteiger partial charge in [-0.15, -0.1) is 0 Å². The van der Waals surface area contributed by atoms with Crippen molar-refractivity contribution in [2.45, 2.75) is 0 Å². The minimum absolute atomic E-state index is 0.616. The lowest BCUT2D eigenvalue weighted by Crippen LogP contribution is -1.90. The highest BCUT2D eigenvalue weighted by atomic mass is 16.5. The summed E-state index contributed by atoms with van der Waals surface area (Å²) in [5, 5.41) is 0. The molecule has 0 amide bonds. The first-order valence-corrected chi connectivity index (χ1v) is 18.0. The number of hydrogen-bond acceptors (Lipinski definition) is 9. The van der Waals surface area contributed by atoms with Gasteiger partial charge in [0.2, 0.25) is 0 Å². The van der Waals surface area contributed by atoms with Crippen LogP contribution >= 0.6 is 0 Å². The van der Waals surface area contributed by atoms with Crippen molar-refractivity contribution >= 4 is 11.4 Å². The van der Waals surface area contributed by atoms with Crippen LogP contribution in [0, 0.1) is 0 Å². The van der Waals surface area contributed by atoms with E-state index in [1.807, 2.05) is 182 Å². The molecule has 0 unspecified atom stereocenters. The Labute approximate surface area is 329 Å². The number of nitrogens with two attached hydrogens (primary N) is 2. The summed E-state index contributed by atoms with van der Waals surface area (Å²) in [6.45, 7) is 0. The average Bonchev–Trinajstić information content (AvgIpc) is 3.20. The summed E-state index contributed by atoms with van der Waals surface area (Å²) in [5.41, 5.74) is 13.0. The van der Waals surface area contributed by atoms with Crippen LogP contribution in [-0.2, 0) is 0 Å². The highest BCUT2D eigenvalue weighted by Crippen LogP contribution is 2.35. The molecule has 280 valence electrons. The second kappa shape index (κ2) is 17.0. The molecule has 4 N–H and O–H groups in total. The third kappa shape index (κ3) is 10.1. The van der Waals surface area contributed by atoms with Crippen molar-refractivity contribution in [1.29, 1.82) is 0 Å². The molecule has 0 aliphatic heterocycles. The molecule has 0 aliphatic rings. The average molecular weight is 753 g/mol. The normalized spacial score (nSPS) is 10.6. The van der Waals surface area contributed by atoms with Crippen molar-refractivity contribution in [2.24, 2.45) is 0 Å². The Hall–Kier alpha value is -8.04. The lowest BCUT2D eigenvalue weighted by atomic mass is 10.3. The van der Waals surface area contributed by atoms with E-state index in [1.54, 1.807) is 12.1 Å². The summed E-state index contributed by atoms with van der Waals surface area (Å²) in [7, 11) is 0. The largest absolute Gasteiger partial charge is 0.457 e. The zero-order chi connectivity index (χ0) is 38.8. The second-order valence-corrected chi connectivity index (χ2v) is 12.7. The van der Waals surface area contributed by atoms with Crippen LogP contribution in [0.2, 0.25) is 0 Å². The molecule has 0 saturated heterocycles. The van der Waals surface area contributed by atoms with Crippen molar-refractivity contribution < 1.29 is 33.2 Å². The highest BCUT2D eigenvalue weighted by molar-refractivity contribution is 5.49. The molecule has 0 spiro atoms. The molecule has 0 saturated carbocycles. The van der Waals surface area contributed by atoms with E-state index in [0.29, 0.717) is 91.9 Å². The molecule has 9 heteroatoms. The molecule has 8 rings (SSSR count). The second-order valence-electron chi connectivity index (χ2n) is 12.7. The van der Waals surface area contributed by atoms with Gasteiger partial charge < -0.3 is 44.6 Å². The molecular weight excluding hydrogens is 717 g/mol. The third-order valence-electron chi connectivity index (χ3n) is 8.24. The summed E-state index contributed by atoms with van der Waals surface area (Å²) in [6.07, 6.45) is 0. The van der Waals surface area contributed by atoms with E-state index in [1.165, 1.54) is 0 Å². The SMILES string of the molecule is Nc1cccc(Oc2cccc(Oc3cccc(Oc4ccc(Oc5ccc(Oc6cccc(Oc7cccc(Oc8cccc(N)c8)c7)c6)cc5)cc4)c3)c2)c1. The first kappa shape index (κ1) is 36.0. The predicted molar refractivity (Wildman–Crippen MR) is 221 cm³/mol. The molecule has 0 bridgehead atoms. The molecular formula is C48H36N2O7. The van der Waals surface area contributed by atoms with E-state index in [0.717, 1.165) is 0 Å². The molecule has 0 atom stereocenters. The highest BCUT2D eigenvalue weighted by Gasteiger charge is 2.08. The molecule has 9 nitrogen and oxygen atoms in total. The van der Waals surface area contributed by atoms with Crippen LogP contribution in [0.1, 0.15) is 0 Å². The summed E-state index contributed by atoms with van der Waals surface area (Å²) in [5.74, 6) is 8.86. The van der Waals surface area contributed by atoms with Crippen LogP contribution in [0.25, 0.3) is 0 Å². The molecule has 0 aliphatic carbocycles. The fraction of sp³-hybridized carbons (Fsp3) is 0. The molecule has 8 aromatic carbocycles. The molecule has 0 fully saturated rings. The van der Waals surface area contributed by atoms with Crippen LogP contribution in [0.3, 0.4) is 0 Å². The first-order valence-electron chi connectivity index (χ1n) is 18.0. The van der Waals surface area contributed by atoms with Gasteiger partial charge in [-0.05, 0) is 121 Å². The number of anilines is 2. The van der Waals surface area contributed by atoms with Gasteiger partial charge in [-0.1, -0.05) is 36.4 Å². The minimum Gasteiger partial charge on any atom is -0.457 e. The van der Waals surface area contributed by atoms with Gasteiger partial charge in [-0.3, -0.25) is 0 Å². The van der Waals surface area contributed by atoms with Gasteiger partial charge in [-0.25, -0.2) is 0 Å². The fourth-order valence-electron chi connectivity index (χ4n) is 5.66. The zero-order valence-electron chi connectivity index (χ0n) is 30.5. The van der Waals surface area contributed by atoms with Crippen LogP contribution < -0.4 is 44.6 Å². The molecule has 57 heavy (non-hydrogen) atoms. The van der Waals surface area contributed by atoms with E-state index in [-0.39, 0.29) is 0 Å². The summed E-state index contributed by atoms with van der Waals surface area (Å²) < 4.78 is 42.4. The van der Waals surface area contributed by atoms with E-state index < -0.39 is 0 Å². The number of benzene rings is 8. The van der Waals surface area contributed by atoms with Crippen LogP contribution in [0.4, 0.5) is 11.4 Å².